The van der Waals surface area contributed by atoms with Crippen molar-refractivity contribution in [2.45, 2.75) is 51.9 Å². The zero-order chi connectivity index (χ0) is 18.9. The van der Waals surface area contributed by atoms with E-state index < -0.39 is 11.7 Å². The van der Waals surface area contributed by atoms with Crippen molar-refractivity contribution in [3.8, 4) is 0 Å². The molecule has 6 nitrogen and oxygen atoms in total. The van der Waals surface area contributed by atoms with E-state index in [9.17, 15) is 9.59 Å². The summed E-state index contributed by atoms with van der Waals surface area (Å²) in [7, 11) is 0. The van der Waals surface area contributed by atoms with Crippen LogP contribution in [0.25, 0.3) is 0 Å². The summed E-state index contributed by atoms with van der Waals surface area (Å²) in [5.41, 5.74) is 1.59. The van der Waals surface area contributed by atoms with Crippen molar-refractivity contribution in [1.82, 2.24) is 15.0 Å². The smallest absolute Gasteiger partial charge is 0.294 e. The van der Waals surface area contributed by atoms with Crippen LogP contribution in [-0.2, 0) is 10.2 Å². The zero-order valence-electron chi connectivity index (χ0n) is 15.8. The number of hydrogen-bond acceptors (Lipinski definition) is 5. The van der Waals surface area contributed by atoms with Gasteiger partial charge in [-0.15, -0.1) is 0 Å². The Balaban J connectivity index is 1.62. The number of Topliss-reactive ketones (excluding diaryl/α,β-unsaturated/α-hetero) is 1. The lowest BCUT2D eigenvalue weighted by atomic mass is 9.86. The van der Waals surface area contributed by atoms with Crippen LogP contribution in [-0.4, -0.2) is 39.8 Å². The summed E-state index contributed by atoms with van der Waals surface area (Å²) in [4.78, 5) is 31.0. The third kappa shape index (κ3) is 3.84. The van der Waals surface area contributed by atoms with E-state index in [0.29, 0.717) is 30.4 Å². The van der Waals surface area contributed by atoms with Crippen molar-refractivity contribution in [2.24, 2.45) is 0 Å². The van der Waals surface area contributed by atoms with Crippen LogP contribution >= 0.6 is 0 Å². The van der Waals surface area contributed by atoms with Gasteiger partial charge in [0.2, 0.25) is 11.7 Å². The van der Waals surface area contributed by atoms with E-state index in [-0.39, 0.29) is 11.3 Å². The lowest BCUT2D eigenvalue weighted by Crippen LogP contribution is -2.41. The number of rotatable bonds is 3. The van der Waals surface area contributed by atoms with Gasteiger partial charge in [0.15, 0.2) is 5.82 Å². The number of nitrogens with zero attached hydrogens (tertiary/aromatic N) is 3. The average molecular weight is 355 g/mol. The van der Waals surface area contributed by atoms with Crippen molar-refractivity contribution < 1.29 is 14.1 Å². The highest BCUT2D eigenvalue weighted by atomic mass is 16.5. The molecule has 0 radical (unpaired) electrons. The predicted molar refractivity (Wildman–Crippen MR) is 97.1 cm³/mol. The Morgan fingerprint density at radius 2 is 1.73 bits per heavy atom. The Morgan fingerprint density at radius 1 is 1.12 bits per heavy atom. The summed E-state index contributed by atoms with van der Waals surface area (Å²) >= 11 is 0. The molecule has 1 amide bonds. The van der Waals surface area contributed by atoms with Gasteiger partial charge in [-0.05, 0) is 30.7 Å². The largest absolute Gasteiger partial charge is 0.339 e. The van der Waals surface area contributed by atoms with E-state index in [1.54, 1.807) is 24.0 Å². The van der Waals surface area contributed by atoms with E-state index in [4.69, 9.17) is 4.52 Å². The van der Waals surface area contributed by atoms with Crippen LogP contribution in [0.5, 0.6) is 0 Å². The fraction of sp³-hybridized carbons (Fsp3) is 0.500. The summed E-state index contributed by atoms with van der Waals surface area (Å²) in [5, 5.41) is 3.82. The number of piperidine rings is 1. The van der Waals surface area contributed by atoms with Gasteiger partial charge in [-0.2, -0.15) is 4.98 Å². The molecule has 1 aromatic carbocycles. The molecule has 0 unspecified atom stereocenters. The van der Waals surface area contributed by atoms with Crippen LogP contribution in [0, 0.1) is 6.92 Å². The van der Waals surface area contributed by atoms with Gasteiger partial charge in [0.1, 0.15) is 0 Å². The first-order valence-corrected chi connectivity index (χ1v) is 9.00. The molecule has 6 heteroatoms. The summed E-state index contributed by atoms with van der Waals surface area (Å²) in [6.07, 6.45) is 1.45. The molecule has 0 bridgehead atoms. The van der Waals surface area contributed by atoms with E-state index in [1.165, 1.54) is 0 Å². The molecule has 2 aromatic rings. The number of aromatic nitrogens is 2. The molecule has 1 aromatic heterocycles. The molecule has 0 saturated carbocycles. The highest BCUT2D eigenvalue weighted by molar-refractivity contribution is 6.42. The van der Waals surface area contributed by atoms with Gasteiger partial charge in [0.25, 0.3) is 5.91 Å². The normalized spacial score (nSPS) is 15.9. The Labute approximate surface area is 153 Å². The molecule has 0 spiro atoms. The summed E-state index contributed by atoms with van der Waals surface area (Å²) in [5.74, 6) is 0.513. The van der Waals surface area contributed by atoms with Crippen LogP contribution in [0.2, 0.25) is 0 Å². The number of amides is 1. The third-order valence-electron chi connectivity index (χ3n) is 4.88. The summed E-state index contributed by atoms with van der Waals surface area (Å²) in [6.45, 7) is 9.18. The van der Waals surface area contributed by atoms with E-state index in [0.717, 1.165) is 18.4 Å². The van der Waals surface area contributed by atoms with Gasteiger partial charge in [-0.1, -0.05) is 50.2 Å². The van der Waals surface area contributed by atoms with Crippen molar-refractivity contribution in [1.29, 1.82) is 0 Å². The maximum Gasteiger partial charge on any atom is 0.294 e. The minimum atomic E-state index is -0.447. The topological polar surface area (TPSA) is 76.3 Å². The molecule has 0 N–H and O–H groups in total. The third-order valence-corrected chi connectivity index (χ3v) is 4.88. The SMILES string of the molecule is Cc1noc(C2CCN(C(=O)C(=O)c3ccc(C(C)(C)C)cc3)CC2)n1. The summed E-state index contributed by atoms with van der Waals surface area (Å²) < 4.78 is 5.22. The maximum atomic E-state index is 12.6. The van der Waals surface area contributed by atoms with E-state index in [2.05, 4.69) is 30.9 Å². The first-order chi connectivity index (χ1) is 12.3. The molecule has 1 saturated heterocycles. The second kappa shape index (κ2) is 7.02. The lowest BCUT2D eigenvalue weighted by molar-refractivity contribution is -0.127. The number of hydrogen-bond donors (Lipinski definition) is 0. The monoisotopic (exact) mass is 355 g/mol. The Bertz CT molecular complexity index is 794. The number of carbonyl (C=O) groups excluding carboxylic acids is 2. The summed E-state index contributed by atoms with van der Waals surface area (Å²) in [6, 6.07) is 7.33. The molecule has 1 aliphatic heterocycles. The Hall–Kier alpha value is -2.50. The van der Waals surface area contributed by atoms with Crippen LogP contribution in [0.15, 0.2) is 28.8 Å². The standard InChI is InChI=1S/C20H25N3O3/c1-13-21-18(26-22-13)15-9-11-23(12-10-15)19(25)17(24)14-5-7-16(8-6-14)20(2,3)4/h5-8,15H,9-12H2,1-4H3. The maximum absolute atomic E-state index is 12.6. The van der Waals surface area contributed by atoms with Crippen molar-refractivity contribution >= 4 is 11.7 Å². The van der Waals surface area contributed by atoms with Crippen molar-refractivity contribution in [3.63, 3.8) is 0 Å². The van der Waals surface area contributed by atoms with Crippen LogP contribution in [0.1, 0.15) is 67.2 Å². The van der Waals surface area contributed by atoms with Crippen LogP contribution in [0.4, 0.5) is 0 Å². The Morgan fingerprint density at radius 3 is 2.23 bits per heavy atom. The highest BCUT2D eigenvalue weighted by Crippen LogP contribution is 2.27. The minimum absolute atomic E-state index is 0.0145. The van der Waals surface area contributed by atoms with Gasteiger partial charge in [-0.3, -0.25) is 9.59 Å². The van der Waals surface area contributed by atoms with Gasteiger partial charge >= 0.3 is 0 Å². The Kier molecular flexibility index (Phi) is 4.94. The fourth-order valence-electron chi connectivity index (χ4n) is 3.20. The highest BCUT2D eigenvalue weighted by Gasteiger charge is 2.30. The van der Waals surface area contributed by atoms with E-state index >= 15 is 0 Å². The number of ketones is 1. The molecule has 2 heterocycles. The molecule has 1 fully saturated rings. The number of benzene rings is 1. The molecule has 3 rings (SSSR count). The molecule has 0 aliphatic carbocycles. The quantitative estimate of drug-likeness (QED) is 0.624. The minimum Gasteiger partial charge on any atom is -0.339 e. The van der Waals surface area contributed by atoms with Gasteiger partial charge in [0, 0.05) is 24.6 Å². The van der Waals surface area contributed by atoms with Gasteiger partial charge in [0.05, 0.1) is 0 Å². The lowest BCUT2D eigenvalue weighted by Gasteiger charge is -2.29. The second-order valence-electron chi connectivity index (χ2n) is 7.90. The van der Waals surface area contributed by atoms with Gasteiger partial charge < -0.3 is 9.42 Å². The van der Waals surface area contributed by atoms with Crippen molar-refractivity contribution in [3.05, 3.63) is 47.1 Å². The van der Waals surface area contributed by atoms with Gasteiger partial charge in [-0.25, -0.2) is 0 Å². The molecular weight excluding hydrogens is 330 g/mol. The molecule has 138 valence electrons. The van der Waals surface area contributed by atoms with Crippen molar-refractivity contribution in [2.75, 3.05) is 13.1 Å². The average Bonchev–Trinajstić information content (AvgIpc) is 3.06. The number of carbonyl (C=O) groups is 2. The first kappa shape index (κ1) is 18.3. The number of aryl methyl sites for hydroxylation is 1. The fourth-order valence-corrected chi connectivity index (χ4v) is 3.20. The van der Waals surface area contributed by atoms with E-state index in [1.807, 2.05) is 12.1 Å². The first-order valence-electron chi connectivity index (χ1n) is 9.00. The second-order valence-corrected chi connectivity index (χ2v) is 7.90. The molecular formula is C20H25N3O3. The zero-order valence-corrected chi connectivity index (χ0v) is 15.8. The molecule has 0 atom stereocenters. The van der Waals surface area contributed by atoms with Crippen LogP contribution in [0.3, 0.4) is 0 Å². The van der Waals surface area contributed by atoms with Crippen LogP contribution < -0.4 is 0 Å². The predicted octanol–water partition coefficient (Wildman–Crippen LogP) is 3.26. The molecule has 1 aliphatic rings. The molecule has 26 heavy (non-hydrogen) atoms. The number of likely N-dealkylation sites (tertiary alicyclic amines) is 1.